The molecule has 0 aliphatic carbocycles. The lowest BCUT2D eigenvalue weighted by atomic mass is 10.3. The van der Waals surface area contributed by atoms with E-state index < -0.39 is 0 Å². The third kappa shape index (κ3) is 1.88. The maximum atomic E-state index is 7.66. The van der Waals surface area contributed by atoms with Crippen molar-refractivity contribution in [1.82, 2.24) is 9.55 Å². The van der Waals surface area contributed by atoms with Gasteiger partial charge in [0.1, 0.15) is 5.49 Å². The van der Waals surface area contributed by atoms with Crippen LogP contribution in [0.3, 0.4) is 0 Å². The summed E-state index contributed by atoms with van der Waals surface area (Å²) in [6.45, 7) is 0.702. The normalized spacial score (nSPS) is 10.0. The molecule has 0 bridgehead atoms. The number of rotatable bonds is 2. The minimum Gasteiger partial charge on any atom is -0.329 e. The average Bonchev–Trinajstić information content (AvgIpc) is 2.23. The summed E-state index contributed by atoms with van der Waals surface area (Å²) in [6, 6.07) is 9.47. The van der Waals surface area contributed by atoms with Crippen LogP contribution in [0.4, 0.5) is 0 Å². The molecule has 2 heterocycles. The Balaban J connectivity index is 2.28. The van der Waals surface area contributed by atoms with Crippen molar-refractivity contribution in [3.05, 3.63) is 60.0 Å². The van der Waals surface area contributed by atoms with Crippen molar-refractivity contribution in [3.63, 3.8) is 0 Å². The van der Waals surface area contributed by atoms with E-state index in [1.165, 1.54) is 0 Å². The quantitative estimate of drug-likeness (QED) is 0.755. The first-order valence-corrected chi connectivity index (χ1v) is 4.45. The first-order chi connectivity index (χ1) is 6.86. The molecule has 0 saturated carbocycles. The molecular formula is C11H11N3. The summed E-state index contributed by atoms with van der Waals surface area (Å²) in [5.41, 5.74) is 1.62. The van der Waals surface area contributed by atoms with Crippen molar-refractivity contribution in [2.24, 2.45) is 0 Å². The van der Waals surface area contributed by atoms with Crippen LogP contribution in [0.25, 0.3) is 0 Å². The van der Waals surface area contributed by atoms with Crippen LogP contribution in [-0.2, 0) is 6.54 Å². The van der Waals surface area contributed by atoms with Gasteiger partial charge in [-0.05, 0) is 23.8 Å². The van der Waals surface area contributed by atoms with E-state index in [1.807, 2.05) is 41.2 Å². The first-order valence-electron chi connectivity index (χ1n) is 4.45. The molecule has 14 heavy (non-hydrogen) atoms. The molecule has 0 atom stereocenters. The van der Waals surface area contributed by atoms with Crippen molar-refractivity contribution in [2.75, 3.05) is 0 Å². The Labute approximate surface area is 82.2 Å². The molecule has 1 N–H and O–H groups in total. The van der Waals surface area contributed by atoms with Crippen molar-refractivity contribution in [2.45, 2.75) is 6.54 Å². The van der Waals surface area contributed by atoms with Crippen LogP contribution in [0.2, 0.25) is 0 Å². The van der Waals surface area contributed by atoms with Crippen LogP contribution in [0.5, 0.6) is 0 Å². The van der Waals surface area contributed by atoms with Crippen molar-refractivity contribution in [1.29, 1.82) is 5.41 Å². The molecule has 2 aromatic rings. The fourth-order valence-electron chi connectivity index (χ4n) is 1.30. The number of hydrogen-bond donors (Lipinski definition) is 1. The second kappa shape index (κ2) is 3.87. The first kappa shape index (κ1) is 8.69. The van der Waals surface area contributed by atoms with Gasteiger partial charge in [-0.3, -0.25) is 10.4 Å². The molecule has 3 nitrogen and oxygen atoms in total. The lowest BCUT2D eigenvalue weighted by Crippen LogP contribution is -2.18. The monoisotopic (exact) mass is 185 g/mol. The van der Waals surface area contributed by atoms with Crippen LogP contribution >= 0.6 is 0 Å². The van der Waals surface area contributed by atoms with Gasteiger partial charge in [-0.2, -0.15) is 0 Å². The minimum atomic E-state index is 0.511. The Bertz CT molecular complexity index is 459. The predicted molar refractivity (Wildman–Crippen MR) is 53.6 cm³/mol. The van der Waals surface area contributed by atoms with Crippen LogP contribution in [0.15, 0.2) is 48.9 Å². The van der Waals surface area contributed by atoms with E-state index in [-0.39, 0.29) is 0 Å². The third-order valence-electron chi connectivity index (χ3n) is 2.02. The topological polar surface area (TPSA) is 41.7 Å². The highest BCUT2D eigenvalue weighted by Gasteiger charge is 1.93. The summed E-state index contributed by atoms with van der Waals surface area (Å²) < 4.78 is 1.87. The van der Waals surface area contributed by atoms with E-state index >= 15 is 0 Å². The molecular weight excluding hydrogens is 174 g/mol. The van der Waals surface area contributed by atoms with Gasteiger partial charge in [-0.25, -0.2) is 0 Å². The zero-order valence-electron chi connectivity index (χ0n) is 7.72. The molecule has 2 rings (SSSR count). The highest BCUT2D eigenvalue weighted by atomic mass is 15.0. The van der Waals surface area contributed by atoms with E-state index in [0.29, 0.717) is 12.0 Å². The van der Waals surface area contributed by atoms with Gasteiger partial charge in [0.2, 0.25) is 0 Å². The van der Waals surface area contributed by atoms with Crippen LogP contribution in [0, 0.1) is 5.41 Å². The molecule has 0 amide bonds. The average molecular weight is 185 g/mol. The van der Waals surface area contributed by atoms with Gasteiger partial charge in [0.05, 0.1) is 6.54 Å². The lowest BCUT2D eigenvalue weighted by Gasteiger charge is -2.05. The summed E-state index contributed by atoms with van der Waals surface area (Å²) in [6.07, 6.45) is 5.47. The summed E-state index contributed by atoms with van der Waals surface area (Å²) in [7, 11) is 0. The zero-order chi connectivity index (χ0) is 9.80. The summed E-state index contributed by atoms with van der Waals surface area (Å²) >= 11 is 0. The second-order valence-corrected chi connectivity index (χ2v) is 3.08. The number of pyridine rings is 2. The molecule has 0 spiro atoms. The Morgan fingerprint density at radius 3 is 2.86 bits per heavy atom. The number of nitrogens with one attached hydrogen (secondary N) is 1. The largest absolute Gasteiger partial charge is 0.329 e. The fourth-order valence-corrected chi connectivity index (χ4v) is 1.30. The summed E-state index contributed by atoms with van der Waals surface area (Å²) in [5.74, 6) is 0. The summed E-state index contributed by atoms with van der Waals surface area (Å²) in [5, 5.41) is 7.66. The number of aromatic nitrogens is 2. The molecule has 0 aromatic carbocycles. The van der Waals surface area contributed by atoms with E-state index in [4.69, 9.17) is 5.41 Å². The lowest BCUT2D eigenvalue weighted by molar-refractivity contribution is 0.729. The highest BCUT2D eigenvalue weighted by Crippen LogP contribution is 1.97. The van der Waals surface area contributed by atoms with E-state index in [0.717, 1.165) is 5.56 Å². The van der Waals surface area contributed by atoms with Crippen LogP contribution in [-0.4, -0.2) is 9.55 Å². The molecule has 70 valence electrons. The molecule has 0 unspecified atom stereocenters. The zero-order valence-corrected chi connectivity index (χ0v) is 7.72. The minimum absolute atomic E-state index is 0.511. The van der Waals surface area contributed by atoms with Crippen molar-refractivity contribution >= 4 is 0 Å². The third-order valence-corrected chi connectivity index (χ3v) is 2.02. The van der Waals surface area contributed by atoms with E-state index in [1.54, 1.807) is 12.3 Å². The number of nitrogens with zero attached hydrogens (tertiary/aromatic N) is 2. The molecule has 0 aliphatic rings. The maximum absolute atomic E-state index is 7.66. The molecule has 0 fully saturated rings. The maximum Gasteiger partial charge on any atom is 0.124 e. The standard InChI is InChI=1S/C11H11N3/c12-11-5-1-2-7-14(11)9-10-4-3-6-13-8-10/h1-8,12H,9H2. The van der Waals surface area contributed by atoms with Gasteiger partial charge in [0.15, 0.2) is 0 Å². The SMILES string of the molecule is N=c1ccccn1Cc1cccnc1. The van der Waals surface area contributed by atoms with E-state index in [9.17, 15) is 0 Å². The highest BCUT2D eigenvalue weighted by molar-refractivity contribution is 5.09. The van der Waals surface area contributed by atoms with Gasteiger partial charge in [-0.15, -0.1) is 0 Å². The summed E-state index contributed by atoms with van der Waals surface area (Å²) in [4.78, 5) is 4.04. The van der Waals surface area contributed by atoms with Gasteiger partial charge in [-0.1, -0.05) is 12.1 Å². The smallest absolute Gasteiger partial charge is 0.124 e. The van der Waals surface area contributed by atoms with Gasteiger partial charge >= 0.3 is 0 Å². The van der Waals surface area contributed by atoms with Crippen molar-refractivity contribution < 1.29 is 0 Å². The molecule has 2 aromatic heterocycles. The Hall–Kier alpha value is -1.90. The van der Waals surface area contributed by atoms with Gasteiger partial charge < -0.3 is 4.57 Å². The molecule has 0 radical (unpaired) electrons. The predicted octanol–water partition coefficient (Wildman–Crippen LogP) is 1.41. The molecule has 0 saturated heterocycles. The number of hydrogen-bond acceptors (Lipinski definition) is 2. The van der Waals surface area contributed by atoms with Crippen LogP contribution in [0.1, 0.15) is 5.56 Å². The Morgan fingerprint density at radius 2 is 2.14 bits per heavy atom. The van der Waals surface area contributed by atoms with Gasteiger partial charge in [0.25, 0.3) is 0 Å². The fraction of sp³-hybridized carbons (Fsp3) is 0.0909. The Morgan fingerprint density at radius 1 is 1.21 bits per heavy atom. The van der Waals surface area contributed by atoms with E-state index in [2.05, 4.69) is 4.98 Å². The van der Waals surface area contributed by atoms with Gasteiger partial charge in [0, 0.05) is 18.6 Å². The second-order valence-electron chi connectivity index (χ2n) is 3.08. The Kier molecular flexibility index (Phi) is 2.40. The molecule has 3 heteroatoms. The molecule has 0 aliphatic heterocycles. The van der Waals surface area contributed by atoms with Crippen molar-refractivity contribution in [3.8, 4) is 0 Å². The van der Waals surface area contributed by atoms with Crippen LogP contribution < -0.4 is 5.49 Å².